The van der Waals surface area contributed by atoms with Crippen molar-refractivity contribution in [2.45, 2.75) is 32.6 Å². The van der Waals surface area contributed by atoms with Crippen LogP contribution < -0.4 is 16.0 Å². The second-order valence-corrected chi connectivity index (χ2v) is 8.43. The number of rotatable bonds is 8. The first-order chi connectivity index (χ1) is 17.0. The van der Waals surface area contributed by atoms with Gasteiger partial charge in [-0.15, -0.1) is 0 Å². The summed E-state index contributed by atoms with van der Waals surface area (Å²) in [7, 11) is 1.49. The van der Waals surface area contributed by atoms with E-state index in [1.54, 1.807) is 30.3 Å². The van der Waals surface area contributed by atoms with Crippen molar-refractivity contribution in [2.75, 3.05) is 7.05 Å². The molecule has 0 spiro atoms. The van der Waals surface area contributed by atoms with Crippen molar-refractivity contribution in [1.82, 2.24) is 16.0 Å². The van der Waals surface area contributed by atoms with Gasteiger partial charge in [0, 0.05) is 24.7 Å². The molecule has 1 heterocycles. The van der Waals surface area contributed by atoms with Crippen LogP contribution in [0.1, 0.15) is 45.9 Å². The van der Waals surface area contributed by atoms with Gasteiger partial charge in [0.05, 0.1) is 5.56 Å². The molecule has 0 fully saturated rings. The van der Waals surface area contributed by atoms with Crippen LogP contribution in [0.15, 0.2) is 65.1 Å². The van der Waals surface area contributed by atoms with Crippen molar-refractivity contribution in [2.24, 2.45) is 5.92 Å². The average Bonchev–Trinajstić information content (AvgIpc) is 3.35. The minimum absolute atomic E-state index is 0.0304. The third kappa shape index (κ3) is 6.53. The van der Waals surface area contributed by atoms with E-state index in [1.807, 2.05) is 13.8 Å². The van der Waals surface area contributed by atoms with Gasteiger partial charge in [-0.1, -0.05) is 38.1 Å². The molecule has 0 aliphatic heterocycles. The summed E-state index contributed by atoms with van der Waals surface area (Å²) in [5.41, 5.74) is 0.310. The summed E-state index contributed by atoms with van der Waals surface area (Å²) in [5, 5.41) is 7.78. The fraction of sp³-hybridized carbons (Fsp3) is 0.269. The molecule has 3 rings (SSSR count). The maximum atomic E-state index is 12.9. The number of hydrogen-bond donors (Lipinski definition) is 3. The van der Waals surface area contributed by atoms with Crippen LogP contribution in [0.5, 0.6) is 0 Å². The lowest BCUT2D eigenvalue weighted by Crippen LogP contribution is -2.48. The molecule has 0 saturated carbocycles. The first-order valence-electron chi connectivity index (χ1n) is 11.2. The van der Waals surface area contributed by atoms with Crippen molar-refractivity contribution in [3.63, 3.8) is 0 Å². The number of hydrogen-bond acceptors (Lipinski definition) is 4. The van der Waals surface area contributed by atoms with Crippen molar-refractivity contribution in [3.8, 4) is 11.3 Å². The maximum absolute atomic E-state index is 12.9. The van der Waals surface area contributed by atoms with Gasteiger partial charge in [-0.2, -0.15) is 13.2 Å². The molecule has 0 saturated heterocycles. The summed E-state index contributed by atoms with van der Waals surface area (Å²) in [5.74, 6) is -1.20. The van der Waals surface area contributed by atoms with Crippen LogP contribution in [0, 0.1) is 5.92 Å². The number of halogens is 3. The molecule has 3 N–H and O–H groups in total. The Morgan fingerprint density at radius 3 is 2.33 bits per heavy atom. The number of benzene rings is 2. The molecule has 0 aliphatic carbocycles. The van der Waals surface area contributed by atoms with Gasteiger partial charge in [0.25, 0.3) is 11.8 Å². The van der Waals surface area contributed by atoms with Crippen LogP contribution in [0.3, 0.4) is 0 Å². The van der Waals surface area contributed by atoms with Crippen LogP contribution in [0.25, 0.3) is 11.3 Å². The highest BCUT2D eigenvalue weighted by Crippen LogP contribution is 2.29. The number of nitrogens with one attached hydrogen (secondary N) is 3. The highest BCUT2D eigenvalue weighted by Gasteiger charge is 2.31. The first kappa shape index (κ1) is 26.5. The third-order valence-corrected chi connectivity index (χ3v) is 5.43. The molecule has 3 aromatic rings. The second-order valence-electron chi connectivity index (χ2n) is 8.43. The molecule has 10 heteroatoms. The minimum Gasteiger partial charge on any atom is -0.451 e. The molecule has 36 heavy (non-hydrogen) atoms. The first-order valence-corrected chi connectivity index (χ1v) is 11.2. The summed E-state index contributed by atoms with van der Waals surface area (Å²) >= 11 is 0. The lowest BCUT2D eigenvalue weighted by atomic mass is 10.0. The highest BCUT2D eigenvalue weighted by molar-refractivity contribution is 5.96. The molecule has 1 atom stereocenters. The summed E-state index contributed by atoms with van der Waals surface area (Å²) in [4.78, 5) is 37.0. The van der Waals surface area contributed by atoms with Crippen LogP contribution in [-0.2, 0) is 17.5 Å². The zero-order chi connectivity index (χ0) is 26.5. The Morgan fingerprint density at radius 2 is 1.67 bits per heavy atom. The predicted octanol–water partition coefficient (Wildman–Crippen LogP) is 4.40. The molecule has 0 radical (unpaired) electrons. The normalized spacial score (nSPS) is 12.2. The van der Waals surface area contributed by atoms with E-state index in [0.29, 0.717) is 16.9 Å². The Balaban J connectivity index is 1.68. The van der Waals surface area contributed by atoms with Crippen LogP contribution >= 0.6 is 0 Å². The van der Waals surface area contributed by atoms with Crippen molar-refractivity contribution < 1.29 is 32.0 Å². The van der Waals surface area contributed by atoms with Gasteiger partial charge in [0.1, 0.15) is 11.8 Å². The monoisotopic (exact) mass is 501 g/mol. The molecule has 7 nitrogen and oxygen atoms in total. The summed E-state index contributed by atoms with van der Waals surface area (Å²) in [6.45, 7) is 3.69. The largest absolute Gasteiger partial charge is 0.451 e. The number of carbonyl (C=O) groups excluding carboxylic acids is 3. The number of alkyl halides is 3. The van der Waals surface area contributed by atoms with Crippen LogP contribution in [0.4, 0.5) is 13.2 Å². The van der Waals surface area contributed by atoms with E-state index in [1.165, 1.54) is 25.2 Å². The fourth-order valence-electron chi connectivity index (χ4n) is 3.47. The number of carbonyl (C=O) groups is 3. The van der Waals surface area contributed by atoms with Gasteiger partial charge in [-0.25, -0.2) is 0 Å². The van der Waals surface area contributed by atoms with E-state index in [9.17, 15) is 27.6 Å². The van der Waals surface area contributed by atoms with Crippen molar-refractivity contribution in [3.05, 3.63) is 83.1 Å². The van der Waals surface area contributed by atoms with Crippen LogP contribution in [0.2, 0.25) is 0 Å². The Hall–Kier alpha value is -4.08. The molecule has 0 aliphatic rings. The zero-order valence-electron chi connectivity index (χ0n) is 19.9. The molecule has 0 unspecified atom stereocenters. The van der Waals surface area contributed by atoms with Gasteiger partial charge in [0.15, 0.2) is 5.76 Å². The zero-order valence-corrected chi connectivity index (χ0v) is 19.9. The molecule has 190 valence electrons. The van der Waals surface area contributed by atoms with Crippen LogP contribution in [-0.4, -0.2) is 30.8 Å². The Labute approximate surface area is 206 Å². The molecular formula is C26H26F3N3O4. The summed E-state index contributed by atoms with van der Waals surface area (Å²) in [6, 6.07) is 13.5. The van der Waals surface area contributed by atoms with E-state index in [2.05, 4.69) is 16.0 Å². The molecule has 1 aromatic heterocycles. The second kappa shape index (κ2) is 11.1. The molecule has 3 amide bonds. The quantitative estimate of drug-likeness (QED) is 0.426. The van der Waals surface area contributed by atoms with E-state index in [4.69, 9.17) is 4.42 Å². The Bertz CT molecular complexity index is 1250. The third-order valence-electron chi connectivity index (χ3n) is 5.43. The van der Waals surface area contributed by atoms with Gasteiger partial charge in [-0.05, 0) is 47.9 Å². The van der Waals surface area contributed by atoms with Gasteiger partial charge >= 0.3 is 6.18 Å². The number of amides is 3. The summed E-state index contributed by atoms with van der Waals surface area (Å²) < 4.78 is 44.4. The van der Waals surface area contributed by atoms with Gasteiger partial charge < -0.3 is 20.4 Å². The molecule has 0 bridgehead atoms. The standard InChI is InChI=1S/C26H26F3N3O4/c1-15(2)22(25(35)30-3)32-24(34)21-11-10-20(36-21)17-7-4-6-16(12-17)14-31-23(33)18-8-5-9-19(13-18)26(27,28)29/h4-13,15,22H,14H2,1-3H3,(H,30,35)(H,31,33)(H,32,34)/t22-/m0/s1. The van der Waals surface area contributed by atoms with E-state index >= 15 is 0 Å². The maximum Gasteiger partial charge on any atom is 0.416 e. The van der Waals surface area contributed by atoms with Gasteiger partial charge in [0.2, 0.25) is 5.91 Å². The predicted molar refractivity (Wildman–Crippen MR) is 127 cm³/mol. The Morgan fingerprint density at radius 1 is 0.944 bits per heavy atom. The fourth-order valence-corrected chi connectivity index (χ4v) is 3.47. The number of likely N-dealkylation sites (N-methyl/N-ethyl adjacent to an activating group) is 1. The van der Waals surface area contributed by atoms with E-state index < -0.39 is 29.6 Å². The van der Waals surface area contributed by atoms with E-state index in [-0.39, 0.29) is 29.7 Å². The SMILES string of the molecule is CNC(=O)[C@@H](NC(=O)c1ccc(-c2cccc(CNC(=O)c3cccc(C(F)(F)F)c3)c2)o1)C(C)C. The number of furan rings is 1. The van der Waals surface area contributed by atoms with Crippen molar-refractivity contribution >= 4 is 17.7 Å². The Kier molecular flexibility index (Phi) is 8.18. The topological polar surface area (TPSA) is 100 Å². The highest BCUT2D eigenvalue weighted by atomic mass is 19.4. The lowest BCUT2D eigenvalue weighted by molar-refractivity contribution is -0.137. The molecular weight excluding hydrogens is 475 g/mol. The molecule has 2 aromatic carbocycles. The lowest BCUT2D eigenvalue weighted by Gasteiger charge is -2.19. The minimum atomic E-state index is -4.54. The average molecular weight is 502 g/mol. The smallest absolute Gasteiger partial charge is 0.416 e. The summed E-state index contributed by atoms with van der Waals surface area (Å²) in [6.07, 6.45) is -4.54. The van der Waals surface area contributed by atoms with E-state index in [0.717, 1.165) is 12.1 Å². The van der Waals surface area contributed by atoms with Gasteiger partial charge in [-0.3, -0.25) is 14.4 Å². The van der Waals surface area contributed by atoms with Crippen molar-refractivity contribution in [1.29, 1.82) is 0 Å².